The molecule has 0 rings (SSSR count). The molecule has 0 saturated heterocycles. The van der Waals surface area contributed by atoms with Crippen LogP contribution in [0.3, 0.4) is 0 Å². The maximum atomic E-state index is 10.2. The molecule has 0 aliphatic carbocycles. The van der Waals surface area contributed by atoms with Crippen LogP contribution in [0.5, 0.6) is 0 Å². The van der Waals surface area contributed by atoms with E-state index in [2.05, 4.69) is 13.8 Å². The minimum atomic E-state index is -1.07. The Bertz CT molecular complexity index is 412. The highest BCUT2D eigenvalue weighted by Gasteiger charge is 2.24. The predicted molar refractivity (Wildman–Crippen MR) is 138 cm³/mol. The van der Waals surface area contributed by atoms with Gasteiger partial charge in [0, 0.05) is 0 Å². The Hall–Kier alpha value is -0.720. The van der Waals surface area contributed by atoms with Crippen LogP contribution >= 0.6 is 0 Å². The van der Waals surface area contributed by atoms with Crippen molar-refractivity contribution in [3.8, 4) is 0 Å². The molecule has 0 aromatic rings. The number of unbranched alkanes of at least 4 members (excludes halogenated alkanes) is 14. The van der Waals surface area contributed by atoms with Crippen molar-refractivity contribution in [2.75, 3.05) is 13.2 Å². The number of rotatable bonds is 24. The summed E-state index contributed by atoms with van der Waals surface area (Å²) in [7, 11) is 0. The van der Waals surface area contributed by atoms with E-state index in [1.807, 2.05) is 12.2 Å². The average Bonchev–Trinajstić information content (AvgIpc) is 2.83. The molecule has 0 amide bonds. The van der Waals surface area contributed by atoms with Crippen molar-refractivity contribution in [3.63, 3.8) is 0 Å². The molecule has 4 unspecified atom stereocenters. The smallest absolute Gasteiger partial charge is 0.107 e. The van der Waals surface area contributed by atoms with E-state index in [0.29, 0.717) is 0 Å². The molecule has 0 fully saturated rings. The second-order valence-electron chi connectivity index (χ2n) is 9.24. The molecule has 0 spiro atoms. The molecule has 0 aromatic heterocycles. The van der Waals surface area contributed by atoms with Crippen LogP contribution in [0, 0.1) is 0 Å². The highest BCUT2D eigenvalue weighted by Crippen LogP contribution is 2.14. The Morgan fingerprint density at radius 2 is 0.879 bits per heavy atom. The fraction of sp³-hybridized carbons (Fsp3) is 0.857. The summed E-state index contributed by atoms with van der Waals surface area (Å²) in [5.41, 5.74) is 0. The van der Waals surface area contributed by atoms with Crippen LogP contribution < -0.4 is 0 Å². The molecule has 5 heteroatoms. The third-order valence-corrected chi connectivity index (χ3v) is 6.05. The summed E-state index contributed by atoms with van der Waals surface area (Å²) in [4.78, 5) is 0. The third-order valence-electron chi connectivity index (χ3n) is 6.05. The van der Waals surface area contributed by atoms with E-state index in [1.165, 1.54) is 77.0 Å². The third kappa shape index (κ3) is 19.3. The van der Waals surface area contributed by atoms with Gasteiger partial charge in [0.15, 0.2) is 0 Å². The summed E-state index contributed by atoms with van der Waals surface area (Å²) in [5, 5.41) is 39.2. The predicted octanol–water partition coefficient (Wildman–Crippen LogP) is 5.84. The van der Waals surface area contributed by atoms with E-state index >= 15 is 0 Å². The largest absolute Gasteiger partial charge is 0.394 e. The van der Waals surface area contributed by atoms with Crippen molar-refractivity contribution in [3.05, 3.63) is 24.3 Å². The first-order chi connectivity index (χ1) is 16.1. The highest BCUT2D eigenvalue weighted by atomic mass is 16.5. The Labute approximate surface area is 204 Å². The summed E-state index contributed by atoms with van der Waals surface area (Å²) < 4.78 is 5.91. The maximum absolute atomic E-state index is 10.2. The van der Waals surface area contributed by atoms with Crippen molar-refractivity contribution < 1.29 is 25.2 Å². The lowest BCUT2D eigenvalue weighted by molar-refractivity contribution is -0.0972. The second-order valence-corrected chi connectivity index (χ2v) is 9.24. The SMILES string of the molecule is CCCCCCCCCC=CC(OC(C=CCCCCCCCCC)C(O)CO)C(O)CO. The van der Waals surface area contributed by atoms with Gasteiger partial charge >= 0.3 is 0 Å². The first-order valence-electron chi connectivity index (χ1n) is 13.7. The van der Waals surface area contributed by atoms with Gasteiger partial charge in [0.25, 0.3) is 0 Å². The van der Waals surface area contributed by atoms with E-state index in [1.54, 1.807) is 12.2 Å². The van der Waals surface area contributed by atoms with E-state index in [4.69, 9.17) is 4.74 Å². The van der Waals surface area contributed by atoms with Crippen LogP contribution in [0.1, 0.15) is 117 Å². The first kappa shape index (κ1) is 32.3. The van der Waals surface area contributed by atoms with Crippen LogP contribution in [0.4, 0.5) is 0 Å². The van der Waals surface area contributed by atoms with Gasteiger partial charge in [-0.25, -0.2) is 0 Å². The number of aliphatic hydroxyl groups excluding tert-OH is 4. The fourth-order valence-electron chi connectivity index (χ4n) is 3.82. The average molecular weight is 471 g/mol. The summed E-state index contributed by atoms with van der Waals surface area (Å²) in [6.07, 6.45) is 23.1. The van der Waals surface area contributed by atoms with Gasteiger partial charge < -0.3 is 25.2 Å². The summed E-state index contributed by atoms with van der Waals surface area (Å²) in [6, 6.07) is 0. The lowest BCUT2D eigenvalue weighted by Gasteiger charge is -2.26. The van der Waals surface area contributed by atoms with Gasteiger partial charge in [0.2, 0.25) is 0 Å². The molecule has 4 N–H and O–H groups in total. The molecule has 0 bridgehead atoms. The molecule has 5 nitrogen and oxygen atoms in total. The molecular formula is C28H54O5. The van der Waals surface area contributed by atoms with Crippen LogP contribution in [-0.2, 0) is 4.74 Å². The fourth-order valence-corrected chi connectivity index (χ4v) is 3.82. The van der Waals surface area contributed by atoms with Crippen LogP contribution in [0.2, 0.25) is 0 Å². The number of allylic oxidation sites excluding steroid dienone is 2. The van der Waals surface area contributed by atoms with Gasteiger partial charge in [-0.1, -0.05) is 115 Å². The van der Waals surface area contributed by atoms with E-state index in [-0.39, 0.29) is 0 Å². The number of hydrogen-bond acceptors (Lipinski definition) is 5. The Balaban J connectivity index is 4.47. The second kappa shape index (κ2) is 24.4. The van der Waals surface area contributed by atoms with Gasteiger partial charge in [-0.2, -0.15) is 0 Å². The quantitative estimate of drug-likeness (QED) is 0.105. The Morgan fingerprint density at radius 3 is 1.21 bits per heavy atom. The minimum absolute atomic E-state index is 0.421. The standard InChI is InChI=1S/C28H54O5/c1-3-5-7-9-11-13-15-17-19-21-27(25(31)23-29)33-28(26(32)24-30)22-20-18-16-14-12-10-8-6-4-2/h19-22,25-32H,3-18,23-24H2,1-2H3. The van der Waals surface area contributed by atoms with Gasteiger partial charge in [-0.15, -0.1) is 0 Å². The van der Waals surface area contributed by atoms with Crippen molar-refractivity contribution in [1.82, 2.24) is 0 Å². The molecular weight excluding hydrogens is 416 g/mol. The van der Waals surface area contributed by atoms with Crippen LogP contribution in [0.25, 0.3) is 0 Å². The summed E-state index contributed by atoms with van der Waals surface area (Å²) in [5.74, 6) is 0. The van der Waals surface area contributed by atoms with E-state index in [9.17, 15) is 20.4 Å². The topological polar surface area (TPSA) is 90.2 Å². The molecule has 0 aliphatic rings. The Morgan fingerprint density at radius 1 is 0.545 bits per heavy atom. The molecule has 0 heterocycles. The van der Waals surface area contributed by atoms with Crippen molar-refractivity contribution in [2.45, 2.75) is 141 Å². The first-order valence-corrected chi connectivity index (χ1v) is 13.7. The maximum Gasteiger partial charge on any atom is 0.107 e. The van der Waals surface area contributed by atoms with E-state index in [0.717, 1.165) is 25.7 Å². The summed E-state index contributed by atoms with van der Waals surface area (Å²) >= 11 is 0. The highest BCUT2D eigenvalue weighted by molar-refractivity contribution is 4.99. The Kier molecular flexibility index (Phi) is 23.9. The van der Waals surface area contributed by atoms with Crippen molar-refractivity contribution in [2.24, 2.45) is 0 Å². The zero-order valence-corrected chi connectivity index (χ0v) is 21.5. The van der Waals surface area contributed by atoms with Crippen molar-refractivity contribution >= 4 is 0 Å². The van der Waals surface area contributed by atoms with Crippen LogP contribution in [-0.4, -0.2) is 58.1 Å². The lowest BCUT2D eigenvalue weighted by atomic mass is 10.1. The minimum Gasteiger partial charge on any atom is -0.394 e. The zero-order valence-electron chi connectivity index (χ0n) is 21.5. The van der Waals surface area contributed by atoms with Gasteiger partial charge in [0.05, 0.1) is 13.2 Å². The number of hydrogen-bond donors (Lipinski definition) is 4. The molecule has 0 aliphatic heterocycles. The molecule has 33 heavy (non-hydrogen) atoms. The number of aliphatic hydroxyl groups is 4. The van der Waals surface area contributed by atoms with Gasteiger partial charge in [0.1, 0.15) is 24.4 Å². The molecule has 0 saturated carbocycles. The van der Waals surface area contributed by atoms with E-state index < -0.39 is 37.6 Å². The molecule has 0 radical (unpaired) electrons. The molecule has 196 valence electrons. The summed E-state index contributed by atoms with van der Waals surface area (Å²) in [6.45, 7) is 3.60. The molecule has 0 aromatic carbocycles. The monoisotopic (exact) mass is 470 g/mol. The normalized spacial score (nSPS) is 15.9. The molecule has 4 atom stereocenters. The zero-order chi connectivity index (χ0) is 24.6. The lowest BCUT2D eigenvalue weighted by Crippen LogP contribution is -2.39. The number of ether oxygens (including phenoxy) is 1. The van der Waals surface area contributed by atoms with Gasteiger partial charge in [-0.05, 0) is 25.7 Å². The van der Waals surface area contributed by atoms with Crippen molar-refractivity contribution in [1.29, 1.82) is 0 Å². The van der Waals surface area contributed by atoms with Gasteiger partial charge in [-0.3, -0.25) is 0 Å². The van der Waals surface area contributed by atoms with Crippen LogP contribution in [0.15, 0.2) is 24.3 Å².